The van der Waals surface area contributed by atoms with E-state index >= 15 is 4.39 Å². The van der Waals surface area contributed by atoms with E-state index < -0.39 is 11.6 Å². The zero-order valence-corrected chi connectivity index (χ0v) is 19.4. The summed E-state index contributed by atoms with van der Waals surface area (Å²) in [4.78, 5) is 0. The van der Waals surface area contributed by atoms with Crippen molar-refractivity contribution in [3.63, 3.8) is 0 Å². The second-order valence-electron chi connectivity index (χ2n) is 10.2. The smallest absolute Gasteiger partial charge is 0.162 e. The average molecular weight is 435 g/mol. The molecular formula is C27H40F2O2. The number of benzene rings is 1. The van der Waals surface area contributed by atoms with Crippen LogP contribution in [0.4, 0.5) is 8.78 Å². The zero-order chi connectivity index (χ0) is 21.8. The third kappa shape index (κ3) is 5.33. The van der Waals surface area contributed by atoms with Crippen LogP contribution in [0.25, 0.3) is 0 Å². The van der Waals surface area contributed by atoms with Gasteiger partial charge in [-0.05, 0) is 67.9 Å². The Morgan fingerprint density at radius 2 is 1.39 bits per heavy atom. The highest BCUT2D eigenvalue weighted by Gasteiger charge is 2.34. The van der Waals surface area contributed by atoms with E-state index in [0.717, 1.165) is 38.0 Å². The van der Waals surface area contributed by atoms with Gasteiger partial charge in [0, 0.05) is 11.8 Å². The van der Waals surface area contributed by atoms with Gasteiger partial charge in [-0.1, -0.05) is 51.7 Å². The molecule has 174 valence electrons. The second-order valence-corrected chi connectivity index (χ2v) is 10.2. The Morgan fingerprint density at radius 3 is 1.87 bits per heavy atom. The molecule has 0 spiro atoms. The lowest BCUT2D eigenvalue weighted by molar-refractivity contribution is -0.0440. The fraction of sp³-hybridized carbons (Fsp3) is 0.778. The van der Waals surface area contributed by atoms with Crippen LogP contribution < -0.4 is 0 Å². The zero-order valence-electron chi connectivity index (χ0n) is 19.4. The fourth-order valence-electron chi connectivity index (χ4n) is 6.23. The molecule has 4 atom stereocenters. The predicted molar refractivity (Wildman–Crippen MR) is 120 cm³/mol. The summed E-state index contributed by atoms with van der Waals surface area (Å²) in [6, 6.07) is 3.61. The van der Waals surface area contributed by atoms with Gasteiger partial charge in [0.1, 0.15) is 0 Å². The van der Waals surface area contributed by atoms with Gasteiger partial charge in [-0.15, -0.1) is 0 Å². The first kappa shape index (κ1) is 23.2. The highest BCUT2D eigenvalue weighted by atomic mass is 19.2. The van der Waals surface area contributed by atoms with Crippen molar-refractivity contribution >= 4 is 0 Å². The lowest BCUT2D eigenvalue weighted by atomic mass is 9.75. The predicted octanol–water partition coefficient (Wildman–Crippen LogP) is 7.51. The molecule has 0 radical (unpaired) electrons. The Labute approximate surface area is 187 Å². The lowest BCUT2D eigenvalue weighted by Gasteiger charge is -2.38. The van der Waals surface area contributed by atoms with Gasteiger partial charge in [0.05, 0.1) is 25.4 Å². The summed E-state index contributed by atoms with van der Waals surface area (Å²) in [6.07, 6.45) is 13.0. The molecule has 0 bridgehead atoms. The second kappa shape index (κ2) is 10.7. The molecule has 1 aliphatic carbocycles. The number of halogens is 2. The molecule has 3 fully saturated rings. The van der Waals surface area contributed by atoms with Crippen LogP contribution in [-0.2, 0) is 9.47 Å². The first-order chi connectivity index (χ1) is 15.1. The summed E-state index contributed by atoms with van der Waals surface area (Å²) in [7, 11) is 0. The number of hydrogen-bond donors (Lipinski definition) is 0. The molecule has 3 aliphatic rings. The van der Waals surface area contributed by atoms with Crippen molar-refractivity contribution in [1.82, 2.24) is 0 Å². The van der Waals surface area contributed by atoms with E-state index in [9.17, 15) is 4.39 Å². The molecule has 1 aromatic rings. The standard InChI is InChI=1S/C27H40F2O2/c1-3-5-18-6-8-19(9-7-18)25-15-11-21(17-31-25)24-14-13-23(26(28)27(24)29)20-10-12-22(4-2)30-16-20/h13-14,18-22,25H,3-12,15-17H2,1-2H3. The largest absolute Gasteiger partial charge is 0.378 e. The minimum absolute atomic E-state index is 0.0386. The molecule has 0 aromatic heterocycles. The van der Waals surface area contributed by atoms with Crippen molar-refractivity contribution in [1.29, 1.82) is 0 Å². The monoisotopic (exact) mass is 434 g/mol. The highest BCUT2D eigenvalue weighted by Crippen LogP contribution is 2.40. The van der Waals surface area contributed by atoms with E-state index in [0.29, 0.717) is 36.4 Å². The summed E-state index contributed by atoms with van der Waals surface area (Å²) < 4.78 is 42.1. The molecule has 2 aliphatic heterocycles. The van der Waals surface area contributed by atoms with Crippen LogP contribution in [0.5, 0.6) is 0 Å². The van der Waals surface area contributed by atoms with Crippen LogP contribution in [0.1, 0.15) is 107 Å². The molecule has 2 nitrogen and oxygen atoms in total. The minimum Gasteiger partial charge on any atom is -0.378 e. The van der Waals surface area contributed by atoms with Crippen molar-refractivity contribution in [3.8, 4) is 0 Å². The lowest BCUT2D eigenvalue weighted by Crippen LogP contribution is -2.34. The highest BCUT2D eigenvalue weighted by molar-refractivity contribution is 5.32. The van der Waals surface area contributed by atoms with Crippen LogP contribution in [0.3, 0.4) is 0 Å². The Balaban J connectivity index is 1.33. The average Bonchev–Trinajstić information content (AvgIpc) is 2.82. The molecule has 0 amide bonds. The molecule has 31 heavy (non-hydrogen) atoms. The van der Waals surface area contributed by atoms with Crippen molar-refractivity contribution in [2.75, 3.05) is 13.2 Å². The molecule has 2 saturated heterocycles. The van der Waals surface area contributed by atoms with Gasteiger partial charge in [0.2, 0.25) is 0 Å². The maximum atomic E-state index is 15.0. The molecule has 1 aromatic carbocycles. The molecule has 4 rings (SSSR count). The summed E-state index contributed by atoms with van der Waals surface area (Å²) in [5, 5.41) is 0. The number of hydrogen-bond acceptors (Lipinski definition) is 2. The summed E-state index contributed by atoms with van der Waals surface area (Å²) in [5.74, 6) is 0.135. The van der Waals surface area contributed by atoms with Crippen LogP contribution in [0.2, 0.25) is 0 Å². The number of ether oxygens (including phenoxy) is 2. The van der Waals surface area contributed by atoms with E-state index in [1.54, 1.807) is 6.07 Å². The normalized spacial score (nSPS) is 34.6. The quantitative estimate of drug-likeness (QED) is 0.461. The topological polar surface area (TPSA) is 18.5 Å². The third-order valence-corrected chi connectivity index (χ3v) is 8.27. The molecule has 4 heteroatoms. The maximum Gasteiger partial charge on any atom is 0.162 e. The molecular weight excluding hydrogens is 394 g/mol. The van der Waals surface area contributed by atoms with E-state index in [1.165, 1.54) is 38.5 Å². The van der Waals surface area contributed by atoms with Crippen LogP contribution >= 0.6 is 0 Å². The molecule has 4 unspecified atom stereocenters. The van der Waals surface area contributed by atoms with E-state index in [2.05, 4.69) is 13.8 Å². The van der Waals surface area contributed by atoms with Gasteiger partial charge in [0.25, 0.3) is 0 Å². The fourth-order valence-corrected chi connectivity index (χ4v) is 6.23. The Bertz CT molecular complexity index is 697. The summed E-state index contributed by atoms with van der Waals surface area (Å²) in [5.41, 5.74) is 0.976. The van der Waals surface area contributed by atoms with Crippen molar-refractivity contribution in [3.05, 3.63) is 34.9 Å². The van der Waals surface area contributed by atoms with Gasteiger partial charge < -0.3 is 9.47 Å². The van der Waals surface area contributed by atoms with Gasteiger partial charge in [-0.2, -0.15) is 0 Å². The van der Waals surface area contributed by atoms with Gasteiger partial charge in [-0.3, -0.25) is 0 Å². The Hall–Kier alpha value is -1.00. The van der Waals surface area contributed by atoms with E-state index in [4.69, 9.17) is 9.47 Å². The van der Waals surface area contributed by atoms with E-state index in [-0.39, 0.29) is 17.9 Å². The number of rotatable bonds is 6. The Kier molecular flexibility index (Phi) is 8.03. The van der Waals surface area contributed by atoms with Crippen LogP contribution in [0.15, 0.2) is 12.1 Å². The molecule has 0 N–H and O–H groups in total. The molecule has 1 saturated carbocycles. The van der Waals surface area contributed by atoms with Gasteiger partial charge in [-0.25, -0.2) is 8.78 Å². The summed E-state index contributed by atoms with van der Waals surface area (Å²) >= 11 is 0. The van der Waals surface area contributed by atoms with Crippen LogP contribution in [0, 0.1) is 23.5 Å². The maximum absolute atomic E-state index is 15.0. The Morgan fingerprint density at radius 1 is 0.774 bits per heavy atom. The van der Waals surface area contributed by atoms with Crippen molar-refractivity contribution < 1.29 is 18.3 Å². The van der Waals surface area contributed by atoms with Crippen molar-refractivity contribution in [2.45, 2.75) is 109 Å². The van der Waals surface area contributed by atoms with Gasteiger partial charge >= 0.3 is 0 Å². The van der Waals surface area contributed by atoms with Gasteiger partial charge in [0.15, 0.2) is 11.6 Å². The van der Waals surface area contributed by atoms with Crippen LogP contribution in [-0.4, -0.2) is 25.4 Å². The SMILES string of the molecule is CCCC1CCC(C2CCC(c3ccc(C4CCC(CC)OC4)c(F)c3F)CO2)CC1. The third-order valence-electron chi connectivity index (χ3n) is 8.27. The van der Waals surface area contributed by atoms with E-state index in [1.807, 2.05) is 6.07 Å². The summed E-state index contributed by atoms with van der Waals surface area (Å²) in [6.45, 7) is 5.38. The first-order valence-corrected chi connectivity index (χ1v) is 12.8. The first-order valence-electron chi connectivity index (χ1n) is 12.8. The molecule has 2 heterocycles. The van der Waals surface area contributed by atoms with Crippen molar-refractivity contribution in [2.24, 2.45) is 11.8 Å². The minimum atomic E-state index is -0.669.